The van der Waals surface area contributed by atoms with Gasteiger partial charge in [0.15, 0.2) is 6.61 Å². The number of carbonyl (C=O) groups excluding carboxylic acids is 1. The lowest BCUT2D eigenvalue weighted by Crippen LogP contribution is -2.16. The molecular weight excluding hydrogens is 404 g/mol. The van der Waals surface area contributed by atoms with Crippen LogP contribution in [-0.2, 0) is 16.0 Å². The molecule has 0 radical (unpaired) electrons. The summed E-state index contributed by atoms with van der Waals surface area (Å²) >= 11 is 3.51. The van der Waals surface area contributed by atoms with Crippen molar-refractivity contribution in [2.24, 2.45) is 0 Å². The number of hydrogen-bond acceptors (Lipinski definition) is 3. The van der Waals surface area contributed by atoms with E-state index >= 15 is 0 Å². The fourth-order valence-electron chi connectivity index (χ4n) is 2.71. The van der Waals surface area contributed by atoms with Gasteiger partial charge in [0, 0.05) is 0 Å². The average Bonchev–Trinajstić information content (AvgIpc) is 2.72. The summed E-state index contributed by atoms with van der Waals surface area (Å²) in [4.78, 5) is 11.9. The Morgan fingerprint density at radius 2 is 1.56 bits per heavy atom. The molecule has 4 heteroatoms. The summed E-state index contributed by atoms with van der Waals surface area (Å²) in [5, 5.41) is 0. The van der Waals surface area contributed by atoms with Gasteiger partial charge in [0.25, 0.3) is 0 Å². The smallest absolute Gasteiger partial charge is 0.344 e. The first-order chi connectivity index (χ1) is 13.2. The van der Waals surface area contributed by atoms with Gasteiger partial charge in [-0.3, -0.25) is 0 Å². The van der Waals surface area contributed by atoms with E-state index in [1.807, 2.05) is 54.6 Å². The van der Waals surface area contributed by atoms with Gasteiger partial charge in [-0.1, -0.05) is 66.7 Å². The van der Waals surface area contributed by atoms with E-state index in [1.165, 1.54) is 5.56 Å². The molecule has 3 aromatic rings. The second kappa shape index (κ2) is 9.93. The standard InChI is InChI=1S/C23H21BrO3/c24-21-16-20(19-11-5-2-6-12-19)13-14-22(21)27-17-23(25)26-15-7-10-18-8-3-1-4-9-18/h1-6,8-9,11-14,16H,7,10,15,17H2. The maximum Gasteiger partial charge on any atom is 0.344 e. The van der Waals surface area contributed by atoms with E-state index in [9.17, 15) is 4.79 Å². The molecule has 0 spiro atoms. The number of carbonyl (C=O) groups is 1. The summed E-state index contributed by atoms with van der Waals surface area (Å²) in [7, 11) is 0. The highest BCUT2D eigenvalue weighted by molar-refractivity contribution is 9.10. The van der Waals surface area contributed by atoms with Crippen LogP contribution in [0, 0.1) is 0 Å². The lowest BCUT2D eigenvalue weighted by molar-refractivity contribution is -0.146. The molecule has 3 nitrogen and oxygen atoms in total. The van der Waals surface area contributed by atoms with Crippen LogP contribution in [0.1, 0.15) is 12.0 Å². The number of esters is 1. The number of ether oxygens (including phenoxy) is 2. The molecule has 0 N–H and O–H groups in total. The van der Waals surface area contributed by atoms with Gasteiger partial charge in [-0.2, -0.15) is 0 Å². The molecule has 3 aromatic carbocycles. The van der Waals surface area contributed by atoms with Gasteiger partial charge >= 0.3 is 5.97 Å². The highest BCUT2D eigenvalue weighted by atomic mass is 79.9. The number of aryl methyl sites for hydroxylation is 1. The second-order valence-electron chi connectivity index (χ2n) is 6.11. The number of halogens is 1. The van der Waals surface area contributed by atoms with E-state index in [1.54, 1.807) is 0 Å². The Bertz CT molecular complexity index is 863. The molecule has 0 aliphatic rings. The third-order valence-corrected chi connectivity index (χ3v) is 4.72. The predicted octanol–water partition coefficient (Wildman–Crippen LogP) is 5.67. The van der Waals surface area contributed by atoms with Gasteiger partial charge in [-0.05, 0) is 57.6 Å². The van der Waals surface area contributed by atoms with Crippen molar-refractivity contribution in [2.45, 2.75) is 12.8 Å². The van der Waals surface area contributed by atoms with Gasteiger partial charge in [0.2, 0.25) is 0 Å². The molecule has 0 atom stereocenters. The van der Waals surface area contributed by atoms with Gasteiger partial charge in [-0.15, -0.1) is 0 Å². The van der Waals surface area contributed by atoms with Crippen LogP contribution in [0.2, 0.25) is 0 Å². The van der Waals surface area contributed by atoms with E-state index in [4.69, 9.17) is 9.47 Å². The van der Waals surface area contributed by atoms with Crippen LogP contribution in [0.4, 0.5) is 0 Å². The third kappa shape index (κ3) is 5.97. The minimum absolute atomic E-state index is 0.103. The maximum absolute atomic E-state index is 11.9. The first kappa shape index (κ1) is 19.2. The average molecular weight is 425 g/mol. The summed E-state index contributed by atoms with van der Waals surface area (Å²) in [5.74, 6) is 0.262. The molecule has 0 aliphatic carbocycles. The molecule has 3 rings (SSSR count). The van der Waals surface area contributed by atoms with Crippen LogP contribution >= 0.6 is 15.9 Å². The van der Waals surface area contributed by atoms with Crippen LogP contribution < -0.4 is 4.74 Å². The molecule has 138 valence electrons. The number of rotatable bonds is 8. The molecule has 0 unspecified atom stereocenters. The summed E-state index contributed by atoms with van der Waals surface area (Å²) in [5.41, 5.74) is 3.45. The van der Waals surface area contributed by atoms with Crippen LogP contribution in [-0.4, -0.2) is 19.2 Å². The lowest BCUT2D eigenvalue weighted by Gasteiger charge is -2.10. The van der Waals surface area contributed by atoms with Crippen molar-refractivity contribution in [2.75, 3.05) is 13.2 Å². The van der Waals surface area contributed by atoms with Crippen LogP contribution in [0.25, 0.3) is 11.1 Å². The van der Waals surface area contributed by atoms with E-state index < -0.39 is 0 Å². The minimum atomic E-state index is -0.359. The molecule has 0 aliphatic heterocycles. The van der Waals surface area contributed by atoms with Gasteiger partial charge in [0.1, 0.15) is 5.75 Å². The van der Waals surface area contributed by atoms with E-state index in [2.05, 4.69) is 40.2 Å². The summed E-state index contributed by atoms with van der Waals surface area (Å²) < 4.78 is 11.6. The zero-order valence-electron chi connectivity index (χ0n) is 14.9. The van der Waals surface area contributed by atoms with Crippen molar-refractivity contribution in [3.63, 3.8) is 0 Å². The molecule has 0 aromatic heterocycles. The van der Waals surface area contributed by atoms with Gasteiger partial charge in [-0.25, -0.2) is 4.79 Å². The zero-order chi connectivity index (χ0) is 18.9. The normalized spacial score (nSPS) is 10.4. The Labute approximate surface area is 168 Å². The molecule has 27 heavy (non-hydrogen) atoms. The third-order valence-electron chi connectivity index (χ3n) is 4.10. The van der Waals surface area contributed by atoms with Crippen molar-refractivity contribution in [3.05, 3.63) is 88.9 Å². The molecule has 0 saturated carbocycles. The van der Waals surface area contributed by atoms with E-state index in [0.717, 1.165) is 28.4 Å². The number of benzene rings is 3. The Kier molecular flexibility index (Phi) is 7.05. The predicted molar refractivity (Wildman–Crippen MR) is 111 cm³/mol. The van der Waals surface area contributed by atoms with Crippen molar-refractivity contribution in [1.82, 2.24) is 0 Å². The highest BCUT2D eigenvalue weighted by Gasteiger charge is 2.08. The van der Waals surface area contributed by atoms with Crippen molar-refractivity contribution in [1.29, 1.82) is 0 Å². The van der Waals surface area contributed by atoms with E-state index in [0.29, 0.717) is 12.4 Å². The SMILES string of the molecule is O=C(COc1ccc(-c2ccccc2)cc1Br)OCCCc1ccccc1. The Morgan fingerprint density at radius 1 is 0.852 bits per heavy atom. The fourth-order valence-corrected chi connectivity index (χ4v) is 3.21. The maximum atomic E-state index is 11.9. The van der Waals surface area contributed by atoms with Gasteiger partial charge in [0.05, 0.1) is 11.1 Å². The molecule has 0 heterocycles. The molecular formula is C23H21BrO3. The largest absolute Gasteiger partial charge is 0.481 e. The molecule has 0 bridgehead atoms. The lowest BCUT2D eigenvalue weighted by atomic mass is 10.1. The first-order valence-corrected chi connectivity index (χ1v) is 9.69. The Hall–Kier alpha value is -2.59. The van der Waals surface area contributed by atoms with Crippen LogP contribution in [0.3, 0.4) is 0 Å². The van der Waals surface area contributed by atoms with Crippen molar-refractivity contribution < 1.29 is 14.3 Å². The quantitative estimate of drug-likeness (QED) is 0.345. The zero-order valence-corrected chi connectivity index (χ0v) is 16.5. The second-order valence-corrected chi connectivity index (χ2v) is 6.96. The minimum Gasteiger partial charge on any atom is -0.481 e. The monoisotopic (exact) mass is 424 g/mol. The van der Waals surface area contributed by atoms with Crippen molar-refractivity contribution in [3.8, 4) is 16.9 Å². The highest BCUT2D eigenvalue weighted by Crippen LogP contribution is 2.30. The van der Waals surface area contributed by atoms with Crippen LogP contribution in [0.5, 0.6) is 5.75 Å². The first-order valence-electron chi connectivity index (χ1n) is 8.90. The summed E-state index contributed by atoms with van der Waals surface area (Å²) in [6, 6.07) is 26.1. The number of hydrogen-bond donors (Lipinski definition) is 0. The van der Waals surface area contributed by atoms with Crippen molar-refractivity contribution >= 4 is 21.9 Å². The topological polar surface area (TPSA) is 35.5 Å². The molecule has 0 amide bonds. The molecule has 0 saturated heterocycles. The molecule has 0 fully saturated rings. The Morgan fingerprint density at radius 3 is 2.26 bits per heavy atom. The summed E-state index contributed by atoms with van der Waals surface area (Å²) in [6.45, 7) is 0.291. The van der Waals surface area contributed by atoms with E-state index in [-0.39, 0.29) is 12.6 Å². The van der Waals surface area contributed by atoms with Gasteiger partial charge < -0.3 is 9.47 Å². The van der Waals surface area contributed by atoms with Crippen LogP contribution in [0.15, 0.2) is 83.3 Å². The summed E-state index contributed by atoms with van der Waals surface area (Å²) in [6.07, 6.45) is 1.69. The Balaban J connectivity index is 1.43. The fraction of sp³-hybridized carbons (Fsp3) is 0.174.